The number of ether oxygens (including phenoxy) is 1. The predicted octanol–water partition coefficient (Wildman–Crippen LogP) is 0.320. The van der Waals surface area contributed by atoms with E-state index in [2.05, 4.69) is 10.2 Å². The number of likely N-dealkylation sites (N-methyl/N-ethyl adjacent to an activating group) is 1. The fraction of sp³-hybridized carbons (Fsp3) is 0.619. The first-order valence-electron chi connectivity index (χ1n) is 10.9. The summed E-state index contributed by atoms with van der Waals surface area (Å²) in [4.78, 5) is 28.4. The number of hydrogen-bond acceptors (Lipinski definition) is 7. The van der Waals surface area contributed by atoms with Gasteiger partial charge in [-0.15, -0.1) is 0 Å². The van der Waals surface area contributed by atoms with Crippen molar-refractivity contribution in [3.05, 3.63) is 23.3 Å². The Bertz CT molecular complexity index is 845. The van der Waals surface area contributed by atoms with Gasteiger partial charge in [0.2, 0.25) is 5.91 Å². The molecule has 0 aliphatic carbocycles. The van der Waals surface area contributed by atoms with E-state index in [1.165, 1.54) is 0 Å². The lowest BCUT2D eigenvalue weighted by atomic mass is 9.78. The fourth-order valence-corrected chi connectivity index (χ4v) is 4.62. The van der Waals surface area contributed by atoms with Crippen molar-refractivity contribution < 1.29 is 29.1 Å². The number of carbonyl (C=O) groups excluding carboxylic acids is 1. The van der Waals surface area contributed by atoms with E-state index in [4.69, 9.17) is 9.39 Å². The van der Waals surface area contributed by atoms with Gasteiger partial charge in [0.1, 0.15) is 23.2 Å². The van der Waals surface area contributed by atoms with E-state index >= 15 is 0 Å². The molecule has 3 aliphatic heterocycles. The Morgan fingerprint density at radius 2 is 2.13 bits per heavy atom. The molecule has 2 atom stereocenters. The Morgan fingerprint density at radius 1 is 1.35 bits per heavy atom. The smallest absolute Gasteiger partial charge is 0.522 e. The van der Waals surface area contributed by atoms with Crippen LogP contribution in [0.3, 0.4) is 0 Å². The number of amides is 1. The van der Waals surface area contributed by atoms with Gasteiger partial charge in [-0.05, 0) is 57.3 Å². The van der Waals surface area contributed by atoms with Gasteiger partial charge >= 0.3 is 13.1 Å². The van der Waals surface area contributed by atoms with Gasteiger partial charge in [-0.25, -0.2) is 4.79 Å². The van der Waals surface area contributed by atoms with Crippen LogP contribution in [0.2, 0.25) is 6.32 Å². The van der Waals surface area contributed by atoms with Crippen LogP contribution in [0.4, 0.5) is 0 Å². The molecular weight excluding hydrogens is 401 g/mol. The van der Waals surface area contributed by atoms with Crippen LogP contribution in [0.25, 0.3) is 0 Å². The molecule has 2 saturated heterocycles. The molecule has 0 saturated carbocycles. The first kappa shape index (κ1) is 21.9. The molecule has 3 N–H and O–H groups in total. The SMILES string of the molecule is CN(C)C[C@H]1C[C@@H](CC(=O)N2CC(Oc3ccc4c(c3C(=O)O)OB(O)CC4)C2)CN1. The third-order valence-corrected chi connectivity index (χ3v) is 6.19. The highest BCUT2D eigenvalue weighted by Gasteiger charge is 2.37. The van der Waals surface area contributed by atoms with Crippen molar-refractivity contribution in [3.63, 3.8) is 0 Å². The number of aromatic carboxylic acids is 1. The number of nitrogens with zero attached hydrogens (tertiary/aromatic N) is 2. The number of fused-ring (bicyclic) bond motifs is 1. The number of aryl methyl sites for hydroxylation is 1. The second kappa shape index (κ2) is 9.06. The van der Waals surface area contributed by atoms with Crippen LogP contribution in [0, 0.1) is 5.92 Å². The Kier molecular flexibility index (Phi) is 6.40. The van der Waals surface area contributed by atoms with Gasteiger partial charge in [-0.3, -0.25) is 4.79 Å². The topological polar surface area (TPSA) is 112 Å². The third kappa shape index (κ3) is 4.97. The average molecular weight is 431 g/mol. The summed E-state index contributed by atoms with van der Waals surface area (Å²) < 4.78 is 11.3. The van der Waals surface area contributed by atoms with Crippen LogP contribution >= 0.6 is 0 Å². The lowest BCUT2D eigenvalue weighted by molar-refractivity contribution is -0.140. The molecule has 10 heteroatoms. The second-order valence-corrected chi connectivity index (χ2v) is 9.06. The second-order valence-electron chi connectivity index (χ2n) is 9.06. The molecule has 168 valence electrons. The number of likely N-dealkylation sites (tertiary alicyclic amines) is 1. The standard InChI is InChI=1S/C21H30BN3O6/c1-24(2)10-15-7-13(9-23-15)8-18(26)25-11-16(12-25)30-17-4-3-14-5-6-22(29)31-20(14)19(17)21(27)28/h3-4,13,15-16,23,29H,5-12H2,1-2H3,(H,27,28)/t13-,15+/m0/s1. The molecule has 0 bridgehead atoms. The largest absolute Gasteiger partial charge is 0.535 e. The molecule has 31 heavy (non-hydrogen) atoms. The van der Waals surface area contributed by atoms with E-state index in [-0.39, 0.29) is 29.1 Å². The number of carbonyl (C=O) groups is 2. The van der Waals surface area contributed by atoms with E-state index < -0.39 is 13.1 Å². The summed E-state index contributed by atoms with van der Waals surface area (Å²) in [6.07, 6.45) is 2.25. The van der Waals surface area contributed by atoms with Crippen LogP contribution < -0.4 is 14.7 Å². The number of carboxylic acid groups (broad SMARTS) is 1. The summed E-state index contributed by atoms with van der Waals surface area (Å²) in [6.45, 7) is 2.72. The number of nitrogens with one attached hydrogen (secondary N) is 1. The van der Waals surface area contributed by atoms with Crippen molar-refractivity contribution in [1.82, 2.24) is 15.1 Å². The lowest BCUT2D eigenvalue weighted by Gasteiger charge is -2.39. The first-order valence-corrected chi connectivity index (χ1v) is 10.9. The number of hydrogen-bond donors (Lipinski definition) is 3. The van der Waals surface area contributed by atoms with E-state index in [0.29, 0.717) is 44.2 Å². The number of benzene rings is 1. The molecule has 9 nitrogen and oxygen atoms in total. The van der Waals surface area contributed by atoms with Gasteiger partial charge in [0, 0.05) is 19.0 Å². The normalized spacial score (nSPS) is 23.4. The van der Waals surface area contributed by atoms with Crippen molar-refractivity contribution in [2.75, 3.05) is 40.3 Å². The fourth-order valence-electron chi connectivity index (χ4n) is 4.62. The summed E-state index contributed by atoms with van der Waals surface area (Å²) >= 11 is 0. The predicted molar refractivity (Wildman–Crippen MR) is 115 cm³/mol. The minimum Gasteiger partial charge on any atom is -0.535 e. The maximum absolute atomic E-state index is 12.6. The molecule has 3 heterocycles. The highest BCUT2D eigenvalue weighted by Crippen LogP contribution is 2.37. The highest BCUT2D eigenvalue weighted by atomic mass is 16.5. The zero-order valence-corrected chi connectivity index (χ0v) is 18.0. The minimum atomic E-state index is -1.16. The summed E-state index contributed by atoms with van der Waals surface area (Å²) in [7, 11) is 3.08. The molecule has 1 aromatic carbocycles. The lowest BCUT2D eigenvalue weighted by Crippen LogP contribution is -2.56. The molecule has 0 spiro atoms. The van der Waals surface area contributed by atoms with Crippen molar-refractivity contribution in [3.8, 4) is 11.5 Å². The molecule has 0 radical (unpaired) electrons. The molecule has 4 rings (SSSR count). The Morgan fingerprint density at radius 3 is 2.84 bits per heavy atom. The summed E-state index contributed by atoms with van der Waals surface area (Å²) in [5, 5.41) is 22.9. The Labute approximate surface area is 182 Å². The molecule has 2 fully saturated rings. The van der Waals surface area contributed by atoms with E-state index in [1.807, 2.05) is 14.1 Å². The van der Waals surface area contributed by atoms with Gasteiger partial charge in [0.25, 0.3) is 0 Å². The van der Waals surface area contributed by atoms with E-state index in [1.54, 1.807) is 17.0 Å². The van der Waals surface area contributed by atoms with Crippen molar-refractivity contribution >= 4 is 19.0 Å². The average Bonchev–Trinajstić information content (AvgIpc) is 3.09. The van der Waals surface area contributed by atoms with Crippen LogP contribution in [-0.4, -0.2) is 91.3 Å². The first-order chi connectivity index (χ1) is 14.8. The quantitative estimate of drug-likeness (QED) is 0.530. The summed E-state index contributed by atoms with van der Waals surface area (Å²) in [5.74, 6) is -0.303. The van der Waals surface area contributed by atoms with E-state index in [9.17, 15) is 19.7 Å². The third-order valence-electron chi connectivity index (χ3n) is 6.19. The number of carboxylic acids is 1. The maximum Gasteiger partial charge on any atom is 0.522 e. The van der Waals surface area contributed by atoms with Crippen LogP contribution in [0.1, 0.15) is 28.8 Å². The molecule has 3 aliphatic rings. The van der Waals surface area contributed by atoms with Crippen molar-refractivity contribution in [1.29, 1.82) is 0 Å². The van der Waals surface area contributed by atoms with Crippen molar-refractivity contribution in [2.45, 2.75) is 37.7 Å². The number of rotatable bonds is 7. The van der Waals surface area contributed by atoms with Gasteiger partial charge < -0.3 is 34.6 Å². The van der Waals surface area contributed by atoms with Crippen LogP contribution in [-0.2, 0) is 11.2 Å². The Hall–Kier alpha value is -2.30. The van der Waals surface area contributed by atoms with Gasteiger partial charge in [0.05, 0.1) is 13.1 Å². The summed E-state index contributed by atoms with van der Waals surface area (Å²) in [5.41, 5.74) is 0.684. The maximum atomic E-state index is 12.6. The van der Waals surface area contributed by atoms with Gasteiger partial charge in [-0.1, -0.05) is 6.07 Å². The highest BCUT2D eigenvalue weighted by molar-refractivity contribution is 6.44. The van der Waals surface area contributed by atoms with Crippen molar-refractivity contribution in [2.24, 2.45) is 5.92 Å². The molecule has 1 amide bonds. The zero-order chi connectivity index (χ0) is 22.1. The molecular formula is C21H30BN3O6. The molecule has 0 aromatic heterocycles. The van der Waals surface area contributed by atoms with Gasteiger partial charge in [0.15, 0.2) is 0 Å². The van der Waals surface area contributed by atoms with Gasteiger partial charge in [-0.2, -0.15) is 0 Å². The van der Waals surface area contributed by atoms with E-state index in [0.717, 1.165) is 25.1 Å². The minimum absolute atomic E-state index is 0.0648. The monoisotopic (exact) mass is 431 g/mol. The zero-order valence-electron chi connectivity index (χ0n) is 18.0. The Balaban J connectivity index is 1.31. The summed E-state index contributed by atoms with van der Waals surface area (Å²) in [6, 6.07) is 3.85. The molecule has 1 aromatic rings. The van der Waals surface area contributed by atoms with Crippen LogP contribution in [0.5, 0.6) is 11.5 Å². The van der Waals surface area contributed by atoms with Crippen LogP contribution in [0.15, 0.2) is 12.1 Å². The molecule has 0 unspecified atom stereocenters.